The van der Waals surface area contributed by atoms with Gasteiger partial charge in [-0.2, -0.15) is 0 Å². The van der Waals surface area contributed by atoms with Crippen LogP contribution in [0.25, 0.3) is 0 Å². The summed E-state index contributed by atoms with van der Waals surface area (Å²) in [5, 5.41) is 32.1. The van der Waals surface area contributed by atoms with Crippen molar-refractivity contribution in [3.05, 3.63) is 63.2 Å². The van der Waals surface area contributed by atoms with Gasteiger partial charge in [-0.15, -0.1) is 0 Å². The molecule has 0 aliphatic carbocycles. The van der Waals surface area contributed by atoms with Crippen molar-refractivity contribution in [2.75, 3.05) is 6.54 Å². The molecule has 2 aromatic carbocycles. The first-order valence-electron chi connectivity index (χ1n) is 6.68. The smallest absolute Gasteiger partial charge is 0.269 e. The maximum absolute atomic E-state index is 10.7. The third kappa shape index (κ3) is 2.41. The molecule has 6 heteroatoms. The summed E-state index contributed by atoms with van der Waals surface area (Å²) in [5.41, 5.74) is 2.93. The maximum atomic E-state index is 10.7. The quantitative estimate of drug-likeness (QED) is 0.439. The van der Waals surface area contributed by atoms with E-state index >= 15 is 0 Å². The summed E-state index contributed by atoms with van der Waals surface area (Å²) in [4.78, 5) is 10.3. The fourth-order valence-electron chi connectivity index (χ4n) is 2.79. The number of nitro groups is 1. The summed E-state index contributed by atoms with van der Waals surface area (Å²) < 4.78 is 0. The van der Waals surface area contributed by atoms with Crippen molar-refractivity contribution in [3.8, 4) is 11.5 Å². The first kappa shape index (κ1) is 13.4. The van der Waals surface area contributed by atoms with E-state index in [1.54, 1.807) is 24.3 Å². The van der Waals surface area contributed by atoms with Gasteiger partial charge in [0.05, 0.1) is 11.5 Å². The van der Waals surface area contributed by atoms with Gasteiger partial charge in [-0.05, 0) is 29.8 Å². The Balaban J connectivity index is 2.01. The lowest BCUT2D eigenvalue weighted by atomic mass is 9.89. The topological polar surface area (TPSA) is 100 Å². The van der Waals surface area contributed by atoms with E-state index in [2.05, 4.69) is 5.32 Å². The van der Waals surface area contributed by atoms with Gasteiger partial charge >= 0.3 is 0 Å². The lowest BCUT2D eigenvalue weighted by Crippen LogP contribution is -2.87. The molecular weight excluding hydrogens is 272 g/mol. The summed E-state index contributed by atoms with van der Waals surface area (Å²) in [6.07, 6.45) is 0.812. The van der Waals surface area contributed by atoms with Gasteiger partial charge < -0.3 is 15.5 Å². The molecule has 4 N–H and O–H groups in total. The molecule has 0 saturated carbocycles. The van der Waals surface area contributed by atoms with E-state index in [0.717, 1.165) is 29.7 Å². The molecule has 0 fully saturated rings. The fourth-order valence-corrected chi connectivity index (χ4v) is 2.79. The Kier molecular flexibility index (Phi) is 3.23. The minimum Gasteiger partial charge on any atom is -0.504 e. The average molecular weight is 287 g/mol. The van der Waals surface area contributed by atoms with Gasteiger partial charge in [0.15, 0.2) is 11.5 Å². The number of quaternary nitrogens is 1. The number of nitrogens with zero attached hydrogens (tertiary/aromatic N) is 1. The molecule has 3 rings (SSSR count). The predicted octanol–water partition coefficient (Wildman–Crippen LogP) is 1.21. The van der Waals surface area contributed by atoms with E-state index in [0.29, 0.717) is 0 Å². The van der Waals surface area contributed by atoms with Crippen LogP contribution in [-0.2, 0) is 6.42 Å². The Hall–Kier alpha value is -2.60. The molecule has 0 saturated heterocycles. The van der Waals surface area contributed by atoms with Crippen LogP contribution in [0.15, 0.2) is 36.4 Å². The highest BCUT2D eigenvalue weighted by atomic mass is 16.6. The van der Waals surface area contributed by atoms with Crippen LogP contribution in [0, 0.1) is 10.1 Å². The zero-order valence-corrected chi connectivity index (χ0v) is 11.2. The zero-order valence-electron chi connectivity index (χ0n) is 11.2. The van der Waals surface area contributed by atoms with Crippen molar-refractivity contribution in [2.24, 2.45) is 0 Å². The lowest BCUT2D eigenvalue weighted by molar-refractivity contribution is -0.690. The SMILES string of the molecule is O=[N+]([O-])c1ccc([C@@H]2[NH2+]CCc3cc(O)c(O)cc32)cc1. The second-order valence-electron chi connectivity index (χ2n) is 5.14. The number of benzene rings is 2. The average Bonchev–Trinajstić information content (AvgIpc) is 2.48. The van der Waals surface area contributed by atoms with E-state index in [1.165, 1.54) is 12.1 Å². The van der Waals surface area contributed by atoms with Crippen molar-refractivity contribution in [1.29, 1.82) is 0 Å². The molecule has 0 bridgehead atoms. The molecule has 0 spiro atoms. The van der Waals surface area contributed by atoms with Crippen molar-refractivity contribution in [1.82, 2.24) is 0 Å². The van der Waals surface area contributed by atoms with Crippen LogP contribution < -0.4 is 5.32 Å². The van der Waals surface area contributed by atoms with Crippen molar-refractivity contribution in [3.63, 3.8) is 0 Å². The van der Waals surface area contributed by atoms with E-state index < -0.39 is 4.92 Å². The van der Waals surface area contributed by atoms with Crippen LogP contribution in [0.5, 0.6) is 11.5 Å². The lowest BCUT2D eigenvalue weighted by Gasteiger charge is -2.24. The number of phenolic OH excluding ortho intramolecular Hbond substituents is 2. The first-order chi connectivity index (χ1) is 10.1. The van der Waals surface area contributed by atoms with Crippen molar-refractivity contribution < 1.29 is 20.5 Å². The highest BCUT2D eigenvalue weighted by Crippen LogP contribution is 2.34. The second-order valence-corrected chi connectivity index (χ2v) is 5.14. The van der Waals surface area contributed by atoms with Gasteiger partial charge in [-0.1, -0.05) is 0 Å². The molecule has 1 atom stereocenters. The molecule has 1 aliphatic rings. The molecule has 1 aliphatic heterocycles. The first-order valence-corrected chi connectivity index (χ1v) is 6.68. The molecule has 0 radical (unpaired) electrons. The van der Waals surface area contributed by atoms with Crippen LogP contribution in [0.2, 0.25) is 0 Å². The number of non-ortho nitro benzene ring substituents is 1. The predicted molar refractivity (Wildman–Crippen MR) is 75.2 cm³/mol. The van der Waals surface area contributed by atoms with Crippen LogP contribution in [-0.4, -0.2) is 21.7 Å². The highest BCUT2D eigenvalue weighted by molar-refractivity contribution is 5.49. The molecule has 0 aromatic heterocycles. The summed E-state index contributed by atoms with van der Waals surface area (Å²) >= 11 is 0. The van der Waals surface area contributed by atoms with Gasteiger partial charge in [0.25, 0.3) is 5.69 Å². The fraction of sp³-hybridized carbons (Fsp3) is 0.200. The number of phenols is 2. The van der Waals surface area contributed by atoms with Gasteiger partial charge in [0, 0.05) is 29.7 Å². The maximum Gasteiger partial charge on any atom is 0.269 e. The Morgan fingerprint density at radius 1 is 1.14 bits per heavy atom. The number of rotatable bonds is 2. The van der Waals surface area contributed by atoms with E-state index in [9.17, 15) is 20.3 Å². The number of hydrogen-bond donors (Lipinski definition) is 3. The molecule has 1 heterocycles. The molecule has 108 valence electrons. The number of nitrogens with two attached hydrogens (primary N) is 1. The molecule has 21 heavy (non-hydrogen) atoms. The van der Waals surface area contributed by atoms with E-state index in [-0.39, 0.29) is 23.2 Å². The van der Waals surface area contributed by atoms with Crippen molar-refractivity contribution >= 4 is 5.69 Å². The number of fused-ring (bicyclic) bond motifs is 1. The number of hydrogen-bond acceptors (Lipinski definition) is 4. The van der Waals surface area contributed by atoms with Crippen molar-refractivity contribution in [2.45, 2.75) is 12.5 Å². The summed E-state index contributed by atoms with van der Waals surface area (Å²) in [5.74, 6) is -0.255. The Morgan fingerprint density at radius 2 is 1.81 bits per heavy atom. The molecule has 0 unspecified atom stereocenters. The minimum absolute atomic E-state index is 0.0268. The normalized spacial score (nSPS) is 17.2. The Bertz CT molecular complexity index is 698. The van der Waals surface area contributed by atoms with Crippen LogP contribution in [0.3, 0.4) is 0 Å². The molecule has 6 nitrogen and oxygen atoms in total. The Labute approximate surface area is 120 Å². The molecular formula is C15H15N2O4+. The highest BCUT2D eigenvalue weighted by Gasteiger charge is 2.26. The minimum atomic E-state index is -0.424. The van der Waals surface area contributed by atoms with Gasteiger partial charge in [-0.25, -0.2) is 0 Å². The van der Waals surface area contributed by atoms with Gasteiger partial charge in [-0.3, -0.25) is 10.1 Å². The second kappa shape index (κ2) is 5.06. The molecule has 0 amide bonds. The Morgan fingerprint density at radius 3 is 2.48 bits per heavy atom. The monoisotopic (exact) mass is 287 g/mol. The largest absolute Gasteiger partial charge is 0.504 e. The van der Waals surface area contributed by atoms with Crippen LogP contribution in [0.1, 0.15) is 22.7 Å². The number of nitro benzene ring substituents is 1. The summed E-state index contributed by atoms with van der Waals surface area (Å²) in [6.45, 7) is 0.860. The molecule has 2 aromatic rings. The summed E-state index contributed by atoms with van der Waals surface area (Å²) in [7, 11) is 0. The zero-order chi connectivity index (χ0) is 15.0. The van der Waals surface area contributed by atoms with E-state index in [4.69, 9.17) is 0 Å². The summed E-state index contributed by atoms with van der Waals surface area (Å²) in [6, 6.07) is 9.58. The van der Waals surface area contributed by atoms with Crippen LogP contribution >= 0.6 is 0 Å². The number of aromatic hydroxyl groups is 2. The standard InChI is InChI=1S/C15H14N2O4/c18-13-7-10-5-6-16-15(12(10)8-14(13)19)9-1-3-11(4-2-9)17(20)21/h1-4,7-8,15-16,18-19H,5-6H2/p+1/t15-/m0/s1. The van der Waals surface area contributed by atoms with Crippen LogP contribution in [0.4, 0.5) is 5.69 Å². The van der Waals surface area contributed by atoms with Gasteiger partial charge in [0.1, 0.15) is 6.04 Å². The third-order valence-electron chi connectivity index (χ3n) is 3.85. The third-order valence-corrected chi connectivity index (χ3v) is 3.85. The van der Waals surface area contributed by atoms with E-state index in [1.807, 2.05) is 0 Å². The van der Waals surface area contributed by atoms with Gasteiger partial charge in [0.2, 0.25) is 0 Å².